The first-order valence-electron chi connectivity index (χ1n) is 6.86. The van der Waals surface area contributed by atoms with Gasteiger partial charge in [0.25, 0.3) is 0 Å². The lowest BCUT2D eigenvalue weighted by Crippen LogP contribution is -2.37. The number of amides is 1. The summed E-state index contributed by atoms with van der Waals surface area (Å²) in [5.41, 5.74) is 1.32. The maximum absolute atomic E-state index is 12.3. The van der Waals surface area contributed by atoms with Crippen molar-refractivity contribution in [2.45, 2.75) is 46.1 Å². The Morgan fingerprint density at radius 1 is 1.33 bits per heavy atom. The van der Waals surface area contributed by atoms with Crippen LogP contribution in [0.4, 0.5) is 0 Å². The third-order valence-electron chi connectivity index (χ3n) is 4.23. The predicted molar refractivity (Wildman–Crippen MR) is 74.1 cm³/mol. The first kappa shape index (κ1) is 13.1. The second-order valence-electron chi connectivity index (χ2n) is 6.07. The molecule has 0 spiro atoms. The SMILES string of the molecule is C[C@H](NC(=O)[C@H]1CCCC1(C)C)c1ccccc1. The number of benzene rings is 1. The first-order chi connectivity index (χ1) is 8.50. The number of carbonyl (C=O) groups is 1. The first-order valence-corrected chi connectivity index (χ1v) is 6.86. The van der Waals surface area contributed by atoms with Gasteiger partial charge in [0.15, 0.2) is 0 Å². The molecule has 0 aromatic heterocycles. The number of carbonyl (C=O) groups excluding carboxylic acids is 1. The summed E-state index contributed by atoms with van der Waals surface area (Å²) in [6, 6.07) is 10.2. The normalized spacial score (nSPS) is 23.6. The van der Waals surface area contributed by atoms with E-state index in [0.717, 1.165) is 12.8 Å². The standard InChI is InChI=1S/C16H23NO/c1-12(13-8-5-4-6-9-13)17-15(18)14-10-7-11-16(14,2)3/h4-6,8-9,12,14H,7,10-11H2,1-3H3,(H,17,18)/t12-,14+/m0/s1. The fraction of sp³-hybridized carbons (Fsp3) is 0.562. The molecule has 1 saturated carbocycles. The van der Waals surface area contributed by atoms with Crippen molar-refractivity contribution in [1.82, 2.24) is 5.32 Å². The minimum absolute atomic E-state index is 0.0927. The molecule has 1 fully saturated rings. The van der Waals surface area contributed by atoms with Crippen molar-refractivity contribution in [3.63, 3.8) is 0 Å². The summed E-state index contributed by atoms with van der Waals surface area (Å²) in [5, 5.41) is 3.15. The van der Waals surface area contributed by atoms with E-state index in [4.69, 9.17) is 0 Å². The quantitative estimate of drug-likeness (QED) is 0.864. The van der Waals surface area contributed by atoms with Crippen LogP contribution in [0.3, 0.4) is 0 Å². The van der Waals surface area contributed by atoms with Gasteiger partial charge in [-0.25, -0.2) is 0 Å². The van der Waals surface area contributed by atoms with Crippen molar-refractivity contribution >= 4 is 5.91 Å². The summed E-state index contributed by atoms with van der Waals surface area (Å²) in [6.07, 6.45) is 3.36. The van der Waals surface area contributed by atoms with Crippen molar-refractivity contribution in [2.75, 3.05) is 0 Å². The molecule has 1 amide bonds. The average Bonchev–Trinajstić information content (AvgIpc) is 2.70. The molecule has 1 aromatic carbocycles. The molecular formula is C16H23NO. The van der Waals surface area contributed by atoms with E-state index in [1.807, 2.05) is 18.2 Å². The number of hydrogen-bond acceptors (Lipinski definition) is 1. The van der Waals surface area contributed by atoms with Gasteiger partial charge in [0, 0.05) is 5.92 Å². The zero-order valence-corrected chi connectivity index (χ0v) is 11.6. The Kier molecular flexibility index (Phi) is 3.74. The lowest BCUT2D eigenvalue weighted by molar-refractivity contribution is -0.128. The Morgan fingerprint density at radius 2 is 2.00 bits per heavy atom. The molecule has 1 aromatic rings. The Morgan fingerprint density at radius 3 is 2.56 bits per heavy atom. The molecule has 0 heterocycles. The van der Waals surface area contributed by atoms with E-state index in [2.05, 4.69) is 38.2 Å². The van der Waals surface area contributed by atoms with Crippen molar-refractivity contribution in [1.29, 1.82) is 0 Å². The number of rotatable bonds is 3. The fourth-order valence-electron chi connectivity index (χ4n) is 2.95. The van der Waals surface area contributed by atoms with Crippen molar-refractivity contribution in [2.24, 2.45) is 11.3 Å². The maximum Gasteiger partial charge on any atom is 0.224 e. The summed E-state index contributed by atoms with van der Waals surface area (Å²) in [7, 11) is 0. The Bertz CT molecular complexity index is 410. The van der Waals surface area contributed by atoms with Crippen LogP contribution in [-0.2, 0) is 4.79 Å². The van der Waals surface area contributed by atoms with Gasteiger partial charge in [-0.15, -0.1) is 0 Å². The topological polar surface area (TPSA) is 29.1 Å². The van der Waals surface area contributed by atoms with Gasteiger partial charge in [0.1, 0.15) is 0 Å². The van der Waals surface area contributed by atoms with Gasteiger partial charge in [0.05, 0.1) is 6.04 Å². The van der Waals surface area contributed by atoms with Crippen LogP contribution in [0.1, 0.15) is 51.6 Å². The third-order valence-corrected chi connectivity index (χ3v) is 4.23. The highest BCUT2D eigenvalue weighted by Gasteiger charge is 2.39. The average molecular weight is 245 g/mol. The zero-order chi connectivity index (χ0) is 13.2. The fourth-order valence-corrected chi connectivity index (χ4v) is 2.95. The van der Waals surface area contributed by atoms with Gasteiger partial charge < -0.3 is 5.32 Å². The van der Waals surface area contributed by atoms with E-state index in [9.17, 15) is 4.79 Å². The van der Waals surface area contributed by atoms with Crippen LogP contribution in [-0.4, -0.2) is 5.91 Å². The van der Waals surface area contributed by atoms with Crippen LogP contribution in [0.25, 0.3) is 0 Å². The maximum atomic E-state index is 12.3. The smallest absolute Gasteiger partial charge is 0.224 e. The molecule has 98 valence electrons. The van der Waals surface area contributed by atoms with E-state index < -0.39 is 0 Å². The van der Waals surface area contributed by atoms with E-state index in [0.29, 0.717) is 0 Å². The molecule has 1 aliphatic rings. The van der Waals surface area contributed by atoms with Crippen molar-refractivity contribution < 1.29 is 4.79 Å². The molecular weight excluding hydrogens is 222 g/mol. The lowest BCUT2D eigenvalue weighted by Gasteiger charge is -2.27. The molecule has 0 radical (unpaired) electrons. The molecule has 2 atom stereocenters. The molecule has 0 aliphatic heterocycles. The van der Waals surface area contributed by atoms with E-state index in [1.54, 1.807) is 0 Å². The number of hydrogen-bond donors (Lipinski definition) is 1. The summed E-state index contributed by atoms with van der Waals surface area (Å²) in [4.78, 5) is 12.3. The van der Waals surface area contributed by atoms with Crippen LogP contribution in [0.15, 0.2) is 30.3 Å². The lowest BCUT2D eigenvalue weighted by atomic mass is 9.81. The van der Waals surface area contributed by atoms with Gasteiger partial charge in [-0.05, 0) is 30.7 Å². The Hall–Kier alpha value is -1.31. The molecule has 18 heavy (non-hydrogen) atoms. The van der Waals surface area contributed by atoms with E-state index in [-0.39, 0.29) is 23.3 Å². The molecule has 1 aliphatic carbocycles. The van der Waals surface area contributed by atoms with Crippen LogP contribution in [0, 0.1) is 11.3 Å². The van der Waals surface area contributed by atoms with Crippen LogP contribution < -0.4 is 5.32 Å². The second kappa shape index (κ2) is 5.13. The molecule has 0 saturated heterocycles. The Balaban J connectivity index is 2.00. The van der Waals surface area contributed by atoms with Crippen LogP contribution in [0.5, 0.6) is 0 Å². The molecule has 0 bridgehead atoms. The summed E-state index contributed by atoms with van der Waals surface area (Å²) in [5.74, 6) is 0.387. The minimum atomic E-state index is 0.0927. The van der Waals surface area contributed by atoms with Gasteiger partial charge in [0.2, 0.25) is 5.91 Å². The van der Waals surface area contributed by atoms with Crippen molar-refractivity contribution in [3.05, 3.63) is 35.9 Å². The minimum Gasteiger partial charge on any atom is -0.349 e. The van der Waals surface area contributed by atoms with E-state index >= 15 is 0 Å². The third kappa shape index (κ3) is 2.74. The summed E-state index contributed by atoms with van der Waals surface area (Å²) < 4.78 is 0. The highest BCUT2D eigenvalue weighted by atomic mass is 16.2. The molecule has 2 rings (SSSR count). The molecule has 2 nitrogen and oxygen atoms in total. The molecule has 2 heteroatoms. The van der Waals surface area contributed by atoms with Crippen LogP contribution in [0.2, 0.25) is 0 Å². The van der Waals surface area contributed by atoms with Crippen LogP contribution >= 0.6 is 0 Å². The summed E-state index contributed by atoms with van der Waals surface area (Å²) in [6.45, 7) is 6.46. The van der Waals surface area contributed by atoms with Gasteiger partial charge in [-0.1, -0.05) is 50.6 Å². The van der Waals surface area contributed by atoms with Gasteiger partial charge in [-0.2, -0.15) is 0 Å². The monoisotopic (exact) mass is 245 g/mol. The highest BCUT2D eigenvalue weighted by molar-refractivity contribution is 5.80. The van der Waals surface area contributed by atoms with Crippen molar-refractivity contribution in [3.8, 4) is 0 Å². The van der Waals surface area contributed by atoms with Gasteiger partial charge >= 0.3 is 0 Å². The summed E-state index contributed by atoms with van der Waals surface area (Å²) >= 11 is 0. The molecule has 0 unspecified atom stereocenters. The Labute approximate surface area is 110 Å². The predicted octanol–water partition coefficient (Wildman–Crippen LogP) is 3.69. The van der Waals surface area contributed by atoms with Gasteiger partial charge in [-0.3, -0.25) is 4.79 Å². The second-order valence-corrected chi connectivity index (χ2v) is 6.07. The zero-order valence-electron chi connectivity index (χ0n) is 11.6. The van der Waals surface area contributed by atoms with E-state index in [1.165, 1.54) is 12.0 Å². The molecule has 1 N–H and O–H groups in total. The largest absolute Gasteiger partial charge is 0.349 e. The highest BCUT2D eigenvalue weighted by Crippen LogP contribution is 2.42. The number of nitrogens with one attached hydrogen (secondary N) is 1.